The van der Waals surface area contributed by atoms with E-state index in [4.69, 9.17) is 4.98 Å². The first-order valence-electron chi connectivity index (χ1n) is 9.68. The molecule has 0 radical (unpaired) electrons. The summed E-state index contributed by atoms with van der Waals surface area (Å²) in [7, 11) is 1.92. The molecular weight excluding hydrogens is 350 g/mol. The Hall–Kier alpha value is -3.19. The Balaban J connectivity index is 1.65. The fourth-order valence-electron chi connectivity index (χ4n) is 3.82. The second-order valence-corrected chi connectivity index (χ2v) is 7.30. The molecule has 5 rings (SSSR count). The number of fused-ring (bicyclic) bond motifs is 1. The largest absolute Gasteiger partial charge is 0.340 e. The van der Waals surface area contributed by atoms with Gasteiger partial charge in [-0.3, -0.25) is 4.68 Å². The van der Waals surface area contributed by atoms with E-state index in [1.165, 1.54) is 6.42 Å². The molecule has 1 unspecified atom stereocenters. The summed E-state index contributed by atoms with van der Waals surface area (Å²) in [6.07, 6.45) is 8.05. The van der Waals surface area contributed by atoms with Crippen LogP contribution in [0.4, 0.5) is 11.5 Å². The van der Waals surface area contributed by atoms with Crippen LogP contribution in [0.5, 0.6) is 0 Å². The molecule has 1 atom stereocenters. The van der Waals surface area contributed by atoms with Gasteiger partial charge in [-0.25, -0.2) is 4.98 Å². The van der Waals surface area contributed by atoms with Gasteiger partial charge in [-0.2, -0.15) is 14.7 Å². The van der Waals surface area contributed by atoms with Crippen molar-refractivity contribution in [1.82, 2.24) is 29.7 Å². The van der Waals surface area contributed by atoms with Crippen molar-refractivity contribution in [3.8, 4) is 11.1 Å². The van der Waals surface area contributed by atoms with Gasteiger partial charge >= 0.3 is 0 Å². The first-order chi connectivity index (χ1) is 13.8. The molecular formula is C21H23N7. The van der Waals surface area contributed by atoms with E-state index < -0.39 is 0 Å². The minimum Gasteiger partial charge on any atom is -0.340 e. The lowest BCUT2D eigenvalue weighted by Gasteiger charge is -2.23. The molecule has 0 saturated carbocycles. The van der Waals surface area contributed by atoms with E-state index in [0.717, 1.165) is 53.5 Å². The van der Waals surface area contributed by atoms with Crippen LogP contribution in [-0.2, 0) is 7.05 Å². The fourth-order valence-corrected chi connectivity index (χ4v) is 3.82. The number of hydrogen-bond acceptors (Lipinski definition) is 5. The van der Waals surface area contributed by atoms with Crippen molar-refractivity contribution in [2.24, 2.45) is 7.05 Å². The third kappa shape index (κ3) is 3.14. The summed E-state index contributed by atoms with van der Waals surface area (Å²) in [5.74, 6) is 1.33. The van der Waals surface area contributed by atoms with Gasteiger partial charge in [0.25, 0.3) is 0 Å². The molecule has 1 aromatic carbocycles. The molecule has 3 aromatic heterocycles. The highest BCUT2D eigenvalue weighted by atomic mass is 15.3. The Bertz CT molecular complexity index is 1090. The van der Waals surface area contributed by atoms with E-state index in [2.05, 4.69) is 39.0 Å². The second-order valence-electron chi connectivity index (χ2n) is 7.30. The third-order valence-corrected chi connectivity index (χ3v) is 5.27. The van der Waals surface area contributed by atoms with Crippen LogP contribution in [0.15, 0.2) is 55.0 Å². The van der Waals surface area contributed by atoms with Crippen LogP contribution in [0, 0.1) is 0 Å². The van der Waals surface area contributed by atoms with Crippen LogP contribution in [-0.4, -0.2) is 37.5 Å². The monoisotopic (exact) mass is 373 g/mol. The summed E-state index contributed by atoms with van der Waals surface area (Å²) in [5.41, 5.74) is 5.00. The molecule has 1 fully saturated rings. The number of aromatic nitrogens is 5. The van der Waals surface area contributed by atoms with Crippen molar-refractivity contribution in [2.75, 3.05) is 18.4 Å². The molecule has 4 heterocycles. The summed E-state index contributed by atoms with van der Waals surface area (Å²) < 4.78 is 3.69. The molecule has 2 N–H and O–H groups in total. The minimum atomic E-state index is 0.409. The number of nitrogens with one attached hydrogen (secondary N) is 2. The van der Waals surface area contributed by atoms with E-state index in [9.17, 15) is 0 Å². The lowest BCUT2D eigenvalue weighted by molar-refractivity contribution is 0.455. The summed E-state index contributed by atoms with van der Waals surface area (Å²) in [5, 5.41) is 15.9. The summed E-state index contributed by atoms with van der Waals surface area (Å²) in [4.78, 5) is 5.03. The number of nitrogens with zero attached hydrogens (tertiary/aromatic N) is 5. The molecule has 1 saturated heterocycles. The Morgan fingerprint density at radius 2 is 2.04 bits per heavy atom. The number of anilines is 2. The van der Waals surface area contributed by atoms with E-state index in [1.54, 1.807) is 4.68 Å². The summed E-state index contributed by atoms with van der Waals surface area (Å²) in [6.45, 7) is 2.05. The van der Waals surface area contributed by atoms with Gasteiger partial charge < -0.3 is 10.6 Å². The van der Waals surface area contributed by atoms with Crippen molar-refractivity contribution >= 4 is 17.2 Å². The average Bonchev–Trinajstić information content (AvgIpc) is 3.35. The van der Waals surface area contributed by atoms with E-state index in [0.29, 0.717) is 5.92 Å². The van der Waals surface area contributed by atoms with Gasteiger partial charge in [0.05, 0.1) is 18.1 Å². The van der Waals surface area contributed by atoms with Gasteiger partial charge in [-0.05, 0) is 31.5 Å². The maximum atomic E-state index is 5.03. The van der Waals surface area contributed by atoms with Gasteiger partial charge in [0.2, 0.25) is 0 Å². The SMILES string of the molecule is Cn1cc(-c2cnn3c(Nc4ccccc4)cc(C4CCCNC4)nc23)cn1. The average molecular weight is 373 g/mol. The third-order valence-electron chi connectivity index (χ3n) is 5.27. The molecule has 0 aliphatic carbocycles. The number of aryl methyl sites for hydroxylation is 1. The van der Waals surface area contributed by atoms with Crippen molar-refractivity contribution in [2.45, 2.75) is 18.8 Å². The number of benzene rings is 1. The highest BCUT2D eigenvalue weighted by Crippen LogP contribution is 2.30. The zero-order chi connectivity index (χ0) is 18.9. The molecule has 1 aliphatic rings. The number of rotatable bonds is 4. The van der Waals surface area contributed by atoms with Crippen molar-refractivity contribution < 1.29 is 0 Å². The first kappa shape index (κ1) is 16.9. The summed E-state index contributed by atoms with van der Waals surface area (Å²) in [6, 6.07) is 12.3. The first-order valence-corrected chi connectivity index (χ1v) is 9.68. The van der Waals surface area contributed by atoms with Crippen LogP contribution < -0.4 is 10.6 Å². The zero-order valence-electron chi connectivity index (χ0n) is 15.8. The Morgan fingerprint density at radius 3 is 2.79 bits per heavy atom. The Kier molecular flexibility index (Phi) is 4.29. The smallest absolute Gasteiger partial charge is 0.165 e. The van der Waals surface area contributed by atoms with E-state index in [-0.39, 0.29) is 0 Å². The molecule has 1 aliphatic heterocycles. The molecule has 28 heavy (non-hydrogen) atoms. The van der Waals surface area contributed by atoms with Gasteiger partial charge in [-0.1, -0.05) is 18.2 Å². The Morgan fingerprint density at radius 1 is 1.14 bits per heavy atom. The number of para-hydroxylation sites is 1. The van der Waals surface area contributed by atoms with Crippen molar-refractivity contribution in [3.05, 3.63) is 60.7 Å². The number of hydrogen-bond donors (Lipinski definition) is 2. The van der Waals surface area contributed by atoms with Crippen LogP contribution in [0.25, 0.3) is 16.8 Å². The van der Waals surface area contributed by atoms with Gasteiger partial charge in [0, 0.05) is 48.6 Å². The van der Waals surface area contributed by atoms with E-state index >= 15 is 0 Å². The lowest BCUT2D eigenvalue weighted by atomic mass is 9.96. The standard InChI is InChI=1S/C21H23N7/c1-27-14-16(12-23-27)18-13-24-28-20(25-17-7-3-2-4-8-17)10-19(26-21(18)28)15-6-5-9-22-11-15/h2-4,7-8,10,12-15,22,25H,5-6,9,11H2,1H3. The van der Waals surface area contributed by atoms with Gasteiger partial charge in [0.1, 0.15) is 5.82 Å². The lowest BCUT2D eigenvalue weighted by Crippen LogP contribution is -2.29. The molecule has 0 spiro atoms. The molecule has 7 nitrogen and oxygen atoms in total. The highest BCUT2D eigenvalue weighted by molar-refractivity contribution is 5.78. The van der Waals surface area contributed by atoms with Crippen LogP contribution in [0.1, 0.15) is 24.5 Å². The topological polar surface area (TPSA) is 72.1 Å². The predicted octanol–water partition coefficient (Wildman–Crippen LogP) is 3.34. The fraction of sp³-hybridized carbons (Fsp3) is 0.286. The van der Waals surface area contributed by atoms with Gasteiger partial charge in [-0.15, -0.1) is 0 Å². The number of piperidine rings is 1. The predicted molar refractivity (Wildman–Crippen MR) is 110 cm³/mol. The van der Waals surface area contributed by atoms with Crippen molar-refractivity contribution in [3.63, 3.8) is 0 Å². The molecule has 0 amide bonds. The van der Waals surface area contributed by atoms with Gasteiger partial charge in [0.15, 0.2) is 5.65 Å². The minimum absolute atomic E-state index is 0.409. The maximum Gasteiger partial charge on any atom is 0.165 e. The van der Waals surface area contributed by atoms with Crippen LogP contribution in [0.2, 0.25) is 0 Å². The molecule has 142 valence electrons. The Labute approximate surface area is 163 Å². The van der Waals surface area contributed by atoms with Crippen LogP contribution >= 0.6 is 0 Å². The maximum absolute atomic E-state index is 5.03. The molecule has 4 aromatic rings. The summed E-state index contributed by atoms with van der Waals surface area (Å²) >= 11 is 0. The normalized spacial score (nSPS) is 17.1. The highest BCUT2D eigenvalue weighted by Gasteiger charge is 2.21. The van der Waals surface area contributed by atoms with Crippen LogP contribution in [0.3, 0.4) is 0 Å². The zero-order valence-corrected chi connectivity index (χ0v) is 15.8. The second kappa shape index (κ2) is 7.09. The van der Waals surface area contributed by atoms with Crippen molar-refractivity contribution in [1.29, 1.82) is 0 Å². The van der Waals surface area contributed by atoms with E-state index in [1.807, 2.05) is 48.4 Å². The quantitative estimate of drug-likeness (QED) is 0.574. The molecule has 7 heteroatoms. The molecule has 0 bridgehead atoms.